The van der Waals surface area contributed by atoms with Crippen LogP contribution in [0.3, 0.4) is 0 Å². The van der Waals surface area contributed by atoms with Crippen molar-refractivity contribution in [1.82, 2.24) is 0 Å². The minimum atomic E-state index is -0.950. The molecule has 1 rings (SSSR count). The predicted molar refractivity (Wildman–Crippen MR) is 62.4 cm³/mol. The first-order valence-corrected chi connectivity index (χ1v) is 5.19. The van der Waals surface area contributed by atoms with E-state index in [4.69, 9.17) is 28.3 Å². The first-order valence-electron chi connectivity index (χ1n) is 4.44. The molecule has 2 nitrogen and oxygen atoms in total. The first-order chi connectivity index (χ1) is 7.06. The Labute approximate surface area is 98.1 Å². The number of hydrogen-bond donors (Lipinski definition) is 1. The van der Waals surface area contributed by atoms with Gasteiger partial charge >= 0.3 is 5.97 Å². The second kappa shape index (κ2) is 5.19. The van der Waals surface area contributed by atoms with Crippen LogP contribution in [0.2, 0.25) is 10.0 Å². The largest absolute Gasteiger partial charge is 0.478 e. The summed E-state index contributed by atoms with van der Waals surface area (Å²) < 4.78 is 0. The summed E-state index contributed by atoms with van der Waals surface area (Å²) in [4.78, 5) is 10.8. The third-order valence-electron chi connectivity index (χ3n) is 1.97. The van der Waals surface area contributed by atoms with E-state index in [1.54, 1.807) is 25.1 Å². The molecule has 1 N–H and O–H groups in total. The fraction of sp³-hybridized carbons (Fsp3) is 0.182. The Kier molecular flexibility index (Phi) is 4.18. The van der Waals surface area contributed by atoms with E-state index in [0.29, 0.717) is 22.0 Å². The molecule has 0 bridgehead atoms. The van der Waals surface area contributed by atoms with E-state index in [1.807, 2.05) is 0 Å². The van der Waals surface area contributed by atoms with Crippen molar-refractivity contribution in [2.45, 2.75) is 13.3 Å². The molecule has 0 atom stereocenters. The summed E-state index contributed by atoms with van der Waals surface area (Å²) in [6.45, 7) is 1.77. The van der Waals surface area contributed by atoms with E-state index in [0.717, 1.165) is 0 Å². The average Bonchev–Trinajstić information content (AvgIpc) is 2.17. The lowest BCUT2D eigenvalue weighted by Crippen LogP contribution is -1.98. The Morgan fingerprint density at radius 3 is 2.33 bits per heavy atom. The van der Waals surface area contributed by atoms with Crippen LogP contribution < -0.4 is 0 Å². The molecular weight excluding hydrogens is 235 g/mol. The fourth-order valence-corrected chi connectivity index (χ4v) is 1.64. The van der Waals surface area contributed by atoms with Crippen LogP contribution in [0.5, 0.6) is 0 Å². The molecule has 4 heteroatoms. The van der Waals surface area contributed by atoms with Gasteiger partial charge in [-0.25, -0.2) is 4.79 Å². The molecule has 0 unspecified atom stereocenters. The topological polar surface area (TPSA) is 37.3 Å². The van der Waals surface area contributed by atoms with Gasteiger partial charge in [0.15, 0.2) is 0 Å². The summed E-state index contributed by atoms with van der Waals surface area (Å²) in [5.74, 6) is -0.950. The molecule has 15 heavy (non-hydrogen) atoms. The molecule has 0 aliphatic rings. The van der Waals surface area contributed by atoms with Crippen LogP contribution in [0, 0.1) is 0 Å². The van der Waals surface area contributed by atoms with Crippen LogP contribution in [-0.4, -0.2) is 11.1 Å². The van der Waals surface area contributed by atoms with Crippen molar-refractivity contribution in [3.8, 4) is 0 Å². The van der Waals surface area contributed by atoms with Gasteiger partial charge in [-0.15, -0.1) is 0 Å². The minimum Gasteiger partial charge on any atom is -0.478 e. The Morgan fingerprint density at radius 2 is 1.93 bits per heavy atom. The lowest BCUT2D eigenvalue weighted by atomic mass is 10.1. The van der Waals surface area contributed by atoms with E-state index in [2.05, 4.69) is 0 Å². The molecule has 0 saturated carbocycles. The summed E-state index contributed by atoms with van der Waals surface area (Å²) in [5.41, 5.74) is 0.838. The van der Waals surface area contributed by atoms with Gasteiger partial charge < -0.3 is 5.11 Å². The van der Waals surface area contributed by atoms with Crippen LogP contribution in [0.1, 0.15) is 18.9 Å². The Balaban J connectivity index is 3.22. The zero-order valence-electron chi connectivity index (χ0n) is 8.13. The lowest BCUT2D eigenvalue weighted by molar-refractivity contribution is -0.132. The SMILES string of the molecule is CCC(=Cc1c(Cl)cccc1Cl)C(=O)O. The molecule has 0 saturated heterocycles. The van der Waals surface area contributed by atoms with Crippen LogP contribution in [0.4, 0.5) is 0 Å². The number of benzene rings is 1. The highest BCUT2D eigenvalue weighted by Crippen LogP contribution is 2.27. The van der Waals surface area contributed by atoms with E-state index in [-0.39, 0.29) is 5.57 Å². The van der Waals surface area contributed by atoms with Gasteiger partial charge in [-0.1, -0.05) is 36.2 Å². The van der Waals surface area contributed by atoms with Crippen LogP contribution >= 0.6 is 23.2 Å². The smallest absolute Gasteiger partial charge is 0.331 e. The lowest BCUT2D eigenvalue weighted by Gasteiger charge is -2.03. The highest BCUT2D eigenvalue weighted by Gasteiger charge is 2.08. The maximum absolute atomic E-state index is 10.8. The molecule has 1 aromatic rings. The number of aliphatic carboxylic acids is 1. The number of halogens is 2. The molecule has 1 aromatic carbocycles. The molecule has 0 radical (unpaired) electrons. The molecule has 0 fully saturated rings. The van der Waals surface area contributed by atoms with E-state index >= 15 is 0 Å². The Hall–Kier alpha value is -0.990. The first kappa shape index (κ1) is 12.1. The summed E-state index contributed by atoms with van der Waals surface area (Å²) in [6, 6.07) is 5.07. The zero-order valence-corrected chi connectivity index (χ0v) is 9.64. The summed E-state index contributed by atoms with van der Waals surface area (Å²) in [7, 11) is 0. The van der Waals surface area contributed by atoms with Gasteiger partial charge in [0.05, 0.1) is 0 Å². The maximum Gasteiger partial charge on any atom is 0.331 e. The number of carbonyl (C=O) groups is 1. The average molecular weight is 245 g/mol. The maximum atomic E-state index is 10.8. The van der Waals surface area contributed by atoms with E-state index < -0.39 is 5.97 Å². The fourth-order valence-electron chi connectivity index (χ4n) is 1.14. The van der Waals surface area contributed by atoms with Crippen molar-refractivity contribution < 1.29 is 9.90 Å². The van der Waals surface area contributed by atoms with Crippen molar-refractivity contribution in [2.75, 3.05) is 0 Å². The van der Waals surface area contributed by atoms with Crippen LogP contribution in [0.25, 0.3) is 6.08 Å². The summed E-state index contributed by atoms with van der Waals surface area (Å²) in [5, 5.41) is 9.77. The zero-order chi connectivity index (χ0) is 11.4. The summed E-state index contributed by atoms with van der Waals surface area (Å²) in [6.07, 6.45) is 1.93. The van der Waals surface area contributed by atoms with Gasteiger partial charge in [-0.05, 0) is 24.6 Å². The van der Waals surface area contributed by atoms with Crippen molar-refractivity contribution >= 4 is 35.2 Å². The number of hydrogen-bond acceptors (Lipinski definition) is 1. The molecular formula is C11H10Cl2O2. The molecule has 0 spiro atoms. The van der Waals surface area contributed by atoms with Crippen molar-refractivity contribution in [2.24, 2.45) is 0 Å². The van der Waals surface area contributed by atoms with Crippen LogP contribution in [0.15, 0.2) is 23.8 Å². The molecule has 0 amide bonds. The van der Waals surface area contributed by atoms with Gasteiger partial charge in [-0.3, -0.25) is 0 Å². The van der Waals surface area contributed by atoms with E-state index in [1.165, 1.54) is 6.08 Å². The number of rotatable bonds is 3. The Morgan fingerprint density at radius 1 is 1.40 bits per heavy atom. The van der Waals surface area contributed by atoms with Crippen molar-refractivity contribution in [3.05, 3.63) is 39.4 Å². The molecule has 0 aliphatic heterocycles. The third kappa shape index (κ3) is 2.98. The van der Waals surface area contributed by atoms with Gasteiger partial charge in [0.25, 0.3) is 0 Å². The van der Waals surface area contributed by atoms with Gasteiger partial charge in [0, 0.05) is 21.2 Å². The highest BCUT2D eigenvalue weighted by molar-refractivity contribution is 6.37. The van der Waals surface area contributed by atoms with Gasteiger partial charge in [0.2, 0.25) is 0 Å². The Bertz CT molecular complexity index is 391. The standard InChI is InChI=1S/C11H10Cl2O2/c1-2-7(11(14)15)6-8-9(12)4-3-5-10(8)13/h3-6H,2H2,1H3,(H,14,15). The summed E-state index contributed by atoms with van der Waals surface area (Å²) >= 11 is 11.8. The third-order valence-corrected chi connectivity index (χ3v) is 2.63. The van der Waals surface area contributed by atoms with E-state index in [9.17, 15) is 4.79 Å². The highest BCUT2D eigenvalue weighted by atomic mass is 35.5. The van der Waals surface area contributed by atoms with Gasteiger partial charge in [0.1, 0.15) is 0 Å². The second-order valence-corrected chi connectivity index (χ2v) is 3.78. The number of carboxylic acid groups (broad SMARTS) is 1. The van der Waals surface area contributed by atoms with Crippen LogP contribution in [-0.2, 0) is 4.79 Å². The van der Waals surface area contributed by atoms with Crippen molar-refractivity contribution in [1.29, 1.82) is 0 Å². The second-order valence-electron chi connectivity index (χ2n) is 2.96. The number of carboxylic acids is 1. The van der Waals surface area contributed by atoms with Crippen molar-refractivity contribution in [3.63, 3.8) is 0 Å². The molecule has 0 heterocycles. The monoisotopic (exact) mass is 244 g/mol. The molecule has 0 aromatic heterocycles. The normalized spacial score (nSPS) is 11.5. The quantitative estimate of drug-likeness (QED) is 0.820. The minimum absolute atomic E-state index is 0.282. The molecule has 0 aliphatic carbocycles. The van der Waals surface area contributed by atoms with Gasteiger partial charge in [-0.2, -0.15) is 0 Å². The molecule has 80 valence electrons. The predicted octanol–water partition coefficient (Wildman–Crippen LogP) is 3.87.